The van der Waals surface area contributed by atoms with Gasteiger partial charge in [0.1, 0.15) is 11.5 Å². The number of rotatable bonds is 6. The minimum Gasteiger partial charge on any atom is -0.496 e. The van der Waals surface area contributed by atoms with Crippen molar-refractivity contribution in [1.29, 1.82) is 0 Å². The summed E-state index contributed by atoms with van der Waals surface area (Å²) < 4.78 is 11.8. The van der Waals surface area contributed by atoms with Gasteiger partial charge in [0.15, 0.2) is 0 Å². The molecule has 6 aliphatic rings. The largest absolute Gasteiger partial charge is 0.496 e. The van der Waals surface area contributed by atoms with Crippen LogP contribution in [-0.2, 0) is 25.7 Å². The summed E-state index contributed by atoms with van der Waals surface area (Å²) in [6, 6.07) is 14.0. The Kier molecular flexibility index (Phi) is 11.1. The van der Waals surface area contributed by atoms with Crippen LogP contribution in [0.5, 0.6) is 11.5 Å². The Morgan fingerprint density at radius 2 is 1.26 bits per heavy atom. The molecule has 0 bridgehead atoms. The van der Waals surface area contributed by atoms with Gasteiger partial charge in [0.2, 0.25) is 0 Å². The fourth-order valence-electron chi connectivity index (χ4n) is 10.5. The predicted octanol–water partition coefficient (Wildman–Crippen LogP) is 8.89. The van der Waals surface area contributed by atoms with Crippen molar-refractivity contribution in [2.24, 2.45) is 5.92 Å². The molecule has 4 heterocycles. The summed E-state index contributed by atoms with van der Waals surface area (Å²) >= 11 is 0. The molecule has 2 aromatic carbocycles. The zero-order valence-electron chi connectivity index (χ0n) is 34.9. The van der Waals surface area contributed by atoms with E-state index in [0.29, 0.717) is 11.8 Å². The van der Waals surface area contributed by atoms with Gasteiger partial charge in [-0.15, -0.1) is 0 Å². The van der Waals surface area contributed by atoms with Gasteiger partial charge in [-0.3, -0.25) is 9.97 Å². The monoisotopic (exact) mass is 764 g/mol. The molecule has 4 aliphatic carbocycles. The van der Waals surface area contributed by atoms with E-state index in [2.05, 4.69) is 72.8 Å². The molecule has 10 rings (SSSR count). The molecule has 0 radical (unpaired) electrons. The number of fused-ring (bicyclic) bond motifs is 4. The van der Waals surface area contributed by atoms with Gasteiger partial charge >= 0.3 is 7.05 Å². The Balaban J connectivity index is 0.000000149. The topological polar surface area (TPSA) is 79.7 Å². The first-order valence-corrected chi connectivity index (χ1v) is 22.0. The second-order valence-electron chi connectivity index (χ2n) is 17.9. The number of piperidine rings is 2. The third-order valence-corrected chi connectivity index (χ3v) is 13.8. The van der Waals surface area contributed by atoms with Crippen LogP contribution in [0.3, 0.4) is 0 Å². The number of benzene rings is 2. The quantitative estimate of drug-likeness (QED) is 0.190. The standard InChI is InChI=1S/C25H31BN2O2.C24H30N2O/c1-16-12-19-6-7-20-14-21(17-4-5-17)15-27-25(20)24(23(19)22(13-16)30-3)18-8-10-28(11-9-18)26(2)29;1-15-11-18-5-6-19-13-20(16-3-4-16)14-26-24(19)23(17-7-9-25-10-8-17)22(18)21(12-15)27-2/h12-15,17,29H,4-11H2,1-3H3;11-14,16-17,23,25H,3-10H2,1-2H3. The molecule has 1 unspecified atom stereocenters. The minimum absolute atomic E-state index is 0.364. The van der Waals surface area contributed by atoms with Crippen molar-refractivity contribution in [2.45, 2.75) is 115 Å². The lowest BCUT2D eigenvalue weighted by Crippen LogP contribution is -2.41. The van der Waals surface area contributed by atoms with Crippen LogP contribution >= 0.6 is 0 Å². The number of ether oxygens (including phenoxy) is 2. The van der Waals surface area contributed by atoms with Crippen LogP contribution in [0.25, 0.3) is 5.57 Å². The minimum atomic E-state index is -0.387. The fraction of sp³-hybridized carbons (Fsp3) is 0.510. The summed E-state index contributed by atoms with van der Waals surface area (Å²) in [5.74, 6) is 4.51. The van der Waals surface area contributed by atoms with E-state index in [0.717, 1.165) is 93.7 Å². The van der Waals surface area contributed by atoms with Crippen molar-refractivity contribution >= 4 is 12.6 Å². The number of hydrogen-bond donors (Lipinski definition) is 2. The highest BCUT2D eigenvalue weighted by Gasteiger charge is 2.36. The maximum Gasteiger partial charge on any atom is 0.376 e. The van der Waals surface area contributed by atoms with E-state index >= 15 is 0 Å². The number of hydrogen-bond acceptors (Lipinski definition) is 7. The summed E-state index contributed by atoms with van der Waals surface area (Å²) in [5, 5.41) is 13.5. The normalized spacial score (nSPS) is 20.8. The lowest BCUT2D eigenvalue weighted by atomic mass is 9.76. The Bertz CT molecular complexity index is 2160. The Hall–Kier alpha value is -3.98. The molecule has 7 nitrogen and oxygen atoms in total. The molecule has 0 amide bonds. The van der Waals surface area contributed by atoms with Gasteiger partial charge in [-0.2, -0.15) is 0 Å². The molecular formula is C49H61BN4O3. The Labute approximate surface area is 340 Å². The molecule has 4 fully saturated rings. The first kappa shape index (κ1) is 38.5. The Morgan fingerprint density at radius 3 is 1.91 bits per heavy atom. The zero-order chi connectivity index (χ0) is 39.2. The predicted molar refractivity (Wildman–Crippen MR) is 231 cm³/mol. The number of nitrogens with one attached hydrogen (secondary N) is 1. The van der Waals surface area contributed by atoms with Crippen molar-refractivity contribution in [1.82, 2.24) is 20.1 Å². The van der Waals surface area contributed by atoms with E-state index in [1.165, 1.54) is 111 Å². The lowest BCUT2D eigenvalue weighted by molar-refractivity contribution is 0.329. The summed E-state index contributed by atoms with van der Waals surface area (Å²) in [4.78, 5) is 12.3. The third-order valence-electron chi connectivity index (χ3n) is 13.8. The van der Waals surface area contributed by atoms with Gasteiger partial charge in [0.05, 0.1) is 25.6 Å². The van der Waals surface area contributed by atoms with Gasteiger partial charge < -0.3 is 24.6 Å². The highest BCUT2D eigenvalue weighted by Crippen LogP contribution is 2.48. The SMILES string of the molecule is COc1cc(C)cc2c1C(=C1CCN(B(C)O)CC1)c1ncc(C3CC3)cc1CC2.COc1cc(C)cc2c1C(C1CCNCC1)c1ncc(C3CC3)cc1CC2. The molecule has 298 valence electrons. The van der Waals surface area contributed by atoms with Crippen LogP contribution in [0.15, 0.2) is 54.4 Å². The molecule has 4 aromatic rings. The Morgan fingerprint density at radius 1 is 0.684 bits per heavy atom. The smallest absolute Gasteiger partial charge is 0.376 e. The average Bonchev–Trinajstić information content (AvgIpc) is 4.14. The van der Waals surface area contributed by atoms with Crippen molar-refractivity contribution < 1.29 is 14.5 Å². The van der Waals surface area contributed by atoms with Gasteiger partial charge in [-0.05, 0) is 198 Å². The zero-order valence-corrected chi connectivity index (χ0v) is 34.9. The van der Waals surface area contributed by atoms with Crippen LogP contribution in [0.1, 0.15) is 136 Å². The van der Waals surface area contributed by atoms with Crippen LogP contribution in [0, 0.1) is 19.8 Å². The highest BCUT2D eigenvalue weighted by atomic mass is 16.5. The van der Waals surface area contributed by atoms with Gasteiger partial charge in [0, 0.05) is 35.0 Å². The van der Waals surface area contributed by atoms with Crippen LogP contribution in [0.2, 0.25) is 6.82 Å². The van der Waals surface area contributed by atoms with Crippen molar-refractivity contribution in [3.63, 3.8) is 0 Å². The fourth-order valence-corrected chi connectivity index (χ4v) is 10.5. The van der Waals surface area contributed by atoms with Crippen molar-refractivity contribution in [2.75, 3.05) is 40.4 Å². The summed E-state index contributed by atoms with van der Waals surface area (Å²) in [6.07, 6.45) is 18.2. The number of pyridine rings is 2. The molecular weight excluding hydrogens is 703 g/mol. The molecule has 2 saturated heterocycles. The second kappa shape index (κ2) is 16.3. The maximum absolute atomic E-state index is 10.0. The van der Waals surface area contributed by atoms with E-state index < -0.39 is 0 Å². The first-order valence-electron chi connectivity index (χ1n) is 22.0. The van der Waals surface area contributed by atoms with Crippen LogP contribution in [0.4, 0.5) is 0 Å². The van der Waals surface area contributed by atoms with Crippen molar-refractivity contribution in [3.05, 3.63) is 121 Å². The number of nitrogens with zero attached hydrogens (tertiary/aromatic N) is 3. The summed E-state index contributed by atoms with van der Waals surface area (Å²) in [5.41, 5.74) is 19.0. The van der Waals surface area contributed by atoms with E-state index in [-0.39, 0.29) is 7.05 Å². The molecule has 1 atom stereocenters. The maximum atomic E-state index is 10.0. The average molecular weight is 765 g/mol. The molecule has 2 aromatic heterocycles. The van der Waals surface area contributed by atoms with E-state index in [4.69, 9.17) is 19.4 Å². The lowest BCUT2D eigenvalue weighted by Gasteiger charge is -2.33. The second-order valence-corrected chi connectivity index (χ2v) is 17.9. The molecule has 2 saturated carbocycles. The van der Waals surface area contributed by atoms with E-state index in [9.17, 15) is 5.02 Å². The number of aryl methyl sites for hydroxylation is 6. The van der Waals surface area contributed by atoms with E-state index in [1.54, 1.807) is 7.11 Å². The first-order chi connectivity index (χ1) is 27.8. The van der Waals surface area contributed by atoms with Crippen LogP contribution in [-0.4, -0.2) is 67.3 Å². The molecule has 2 N–H and O–H groups in total. The highest BCUT2D eigenvalue weighted by molar-refractivity contribution is 6.45. The third kappa shape index (κ3) is 7.94. The summed E-state index contributed by atoms with van der Waals surface area (Å²) in [6.45, 7) is 10.2. The van der Waals surface area contributed by atoms with Gasteiger partial charge in [0.25, 0.3) is 0 Å². The molecule has 2 aliphatic heterocycles. The summed E-state index contributed by atoms with van der Waals surface area (Å²) in [7, 11) is 3.22. The molecule has 57 heavy (non-hydrogen) atoms. The van der Waals surface area contributed by atoms with E-state index in [1.807, 2.05) is 13.9 Å². The van der Waals surface area contributed by atoms with Crippen LogP contribution < -0.4 is 14.8 Å². The number of aromatic nitrogens is 2. The molecule has 0 spiro atoms. The van der Waals surface area contributed by atoms with Crippen molar-refractivity contribution in [3.8, 4) is 11.5 Å². The number of methoxy groups -OCH3 is 2. The molecule has 8 heteroatoms. The van der Waals surface area contributed by atoms with Gasteiger partial charge in [-0.25, -0.2) is 0 Å². The van der Waals surface area contributed by atoms with Gasteiger partial charge in [-0.1, -0.05) is 29.8 Å².